The Morgan fingerprint density at radius 1 is 0.731 bits per heavy atom. The number of carbonyl (C=O) groups is 2. The number of nitrogens with one attached hydrogen (secondary N) is 2. The van der Waals surface area contributed by atoms with Crippen LogP contribution in [0, 0.1) is 13.8 Å². The van der Waals surface area contributed by atoms with Crippen LogP contribution in [0.2, 0.25) is 0 Å². The van der Waals surface area contributed by atoms with E-state index in [2.05, 4.69) is 15.6 Å². The van der Waals surface area contributed by atoms with Crippen molar-refractivity contribution in [3.05, 3.63) is 89.2 Å². The molecule has 0 aliphatic heterocycles. The van der Waals surface area contributed by atoms with Crippen molar-refractivity contribution in [2.75, 3.05) is 10.6 Å². The number of rotatable bonds is 4. The highest BCUT2D eigenvalue weighted by molar-refractivity contribution is 6.10. The molecule has 3 aromatic rings. The Balaban J connectivity index is 1.81. The van der Waals surface area contributed by atoms with Gasteiger partial charge in [-0.2, -0.15) is 0 Å². The van der Waals surface area contributed by atoms with Crippen molar-refractivity contribution < 1.29 is 9.59 Å². The van der Waals surface area contributed by atoms with Crippen molar-refractivity contribution in [2.45, 2.75) is 13.8 Å². The summed E-state index contributed by atoms with van der Waals surface area (Å²) < 4.78 is 0. The molecular weight excluding hydrogens is 326 g/mol. The molecule has 5 heteroatoms. The van der Waals surface area contributed by atoms with E-state index in [0.717, 1.165) is 5.69 Å². The first-order valence-electron chi connectivity index (χ1n) is 8.25. The van der Waals surface area contributed by atoms with Crippen molar-refractivity contribution in [1.82, 2.24) is 4.98 Å². The van der Waals surface area contributed by atoms with E-state index in [1.165, 1.54) is 0 Å². The number of anilines is 2. The number of pyridine rings is 1. The molecule has 0 saturated heterocycles. The lowest BCUT2D eigenvalue weighted by Gasteiger charge is -2.13. The van der Waals surface area contributed by atoms with Gasteiger partial charge in [-0.15, -0.1) is 0 Å². The second kappa shape index (κ2) is 7.61. The Hall–Kier alpha value is -3.47. The summed E-state index contributed by atoms with van der Waals surface area (Å²) in [6.07, 6.45) is 0. The number of amides is 2. The van der Waals surface area contributed by atoms with Crippen LogP contribution in [0.25, 0.3) is 0 Å². The molecular formula is C21H19N3O2. The molecule has 26 heavy (non-hydrogen) atoms. The zero-order valence-electron chi connectivity index (χ0n) is 14.6. The summed E-state index contributed by atoms with van der Waals surface area (Å²) in [6, 6.07) is 19.6. The minimum absolute atomic E-state index is 0.236. The Bertz CT molecular complexity index is 952. The molecule has 0 saturated carbocycles. The number of aryl methyl sites for hydroxylation is 2. The second-order valence-electron chi connectivity index (χ2n) is 5.91. The lowest BCUT2D eigenvalue weighted by atomic mass is 10.1. The first kappa shape index (κ1) is 17.4. The lowest BCUT2D eigenvalue weighted by Crippen LogP contribution is -2.17. The average molecular weight is 345 g/mol. The van der Waals surface area contributed by atoms with Gasteiger partial charge in [-0.05, 0) is 50.2 Å². The molecule has 0 unspecified atom stereocenters. The largest absolute Gasteiger partial charge is 0.320 e. The highest BCUT2D eigenvalue weighted by Crippen LogP contribution is 2.23. The predicted molar refractivity (Wildman–Crippen MR) is 103 cm³/mol. The Morgan fingerprint density at radius 2 is 1.31 bits per heavy atom. The number of hydrogen-bond donors (Lipinski definition) is 2. The number of hydrogen-bond acceptors (Lipinski definition) is 3. The molecule has 2 aromatic carbocycles. The van der Waals surface area contributed by atoms with Crippen LogP contribution in [-0.2, 0) is 0 Å². The van der Waals surface area contributed by atoms with Crippen LogP contribution >= 0.6 is 0 Å². The summed E-state index contributed by atoms with van der Waals surface area (Å²) in [6.45, 7) is 3.67. The third-order valence-electron chi connectivity index (χ3n) is 3.93. The van der Waals surface area contributed by atoms with E-state index in [0.29, 0.717) is 28.2 Å². The van der Waals surface area contributed by atoms with Gasteiger partial charge in [0.25, 0.3) is 11.8 Å². The molecule has 0 atom stereocenters. The average Bonchev–Trinajstić information content (AvgIpc) is 2.64. The second-order valence-corrected chi connectivity index (χ2v) is 5.91. The molecule has 2 amide bonds. The van der Waals surface area contributed by atoms with E-state index in [4.69, 9.17) is 0 Å². The van der Waals surface area contributed by atoms with Gasteiger partial charge in [-0.25, -0.2) is 0 Å². The van der Waals surface area contributed by atoms with Gasteiger partial charge in [-0.1, -0.05) is 30.3 Å². The topological polar surface area (TPSA) is 71.1 Å². The third kappa shape index (κ3) is 3.95. The lowest BCUT2D eigenvalue weighted by molar-refractivity contribution is 0.101. The fraction of sp³-hybridized carbons (Fsp3) is 0.0952. The van der Waals surface area contributed by atoms with E-state index in [1.807, 2.05) is 13.0 Å². The van der Waals surface area contributed by atoms with Crippen LogP contribution in [0.5, 0.6) is 0 Å². The zero-order chi connectivity index (χ0) is 18.5. The standard InChI is InChI=1S/C21H19N3O2/c1-14-12-13-17(15(2)22-14)21(26)24-19-11-7-6-10-18(19)23-20(25)16-8-4-3-5-9-16/h3-13H,1-2H3,(H,23,25)(H,24,26). The van der Waals surface area contributed by atoms with E-state index in [1.54, 1.807) is 67.6 Å². The summed E-state index contributed by atoms with van der Waals surface area (Å²) in [5.41, 5.74) is 3.63. The highest BCUT2D eigenvalue weighted by atomic mass is 16.2. The van der Waals surface area contributed by atoms with E-state index < -0.39 is 0 Å². The van der Waals surface area contributed by atoms with Gasteiger partial charge in [0, 0.05) is 11.3 Å². The zero-order valence-corrected chi connectivity index (χ0v) is 14.6. The summed E-state index contributed by atoms with van der Waals surface area (Å²) in [7, 11) is 0. The minimum Gasteiger partial charge on any atom is -0.320 e. The van der Waals surface area contributed by atoms with Crippen molar-refractivity contribution in [3.63, 3.8) is 0 Å². The quantitative estimate of drug-likeness (QED) is 0.744. The SMILES string of the molecule is Cc1ccc(C(=O)Nc2ccccc2NC(=O)c2ccccc2)c(C)n1. The summed E-state index contributed by atoms with van der Waals surface area (Å²) in [4.78, 5) is 29.3. The maximum absolute atomic E-state index is 12.6. The molecule has 0 spiro atoms. The number of para-hydroxylation sites is 2. The summed E-state index contributed by atoms with van der Waals surface area (Å²) in [5, 5.41) is 5.69. The summed E-state index contributed by atoms with van der Waals surface area (Å²) in [5.74, 6) is -0.503. The normalized spacial score (nSPS) is 10.2. The number of carbonyl (C=O) groups excluding carboxylic acids is 2. The maximum atomic E-state index is 12.6. The van der Waals surface area contributed by atoms with Gasteiger partial charge in [0.05, 0.1) is 22.6 Å². The molecule has 3 rings (SSSR count). The maximum Gasteiger partial charge on any atom is 0.257 e. The minimum atomic E-state index is -0.267. The van der Waals surface area contributed by atoms with Gasteiger partial charge in [0.2, 0.25) is 0 Å². The molecule has 5 nitrogen and oxygen atoms in total. The molecule has 2 N–H and O–H groups in total. The third-order valence-corrected chi connectivity index (χ3v) is 3.93. The monoisotopic (exact) mass is 345 g/mol. The summed E-state index contributed by atoms with van der Waals surface area (Å²) >= 11 is 0. The van der Waals surface area contributed by atoms with Crippen molar-refractivity contribution in [3.8, 4) is 0 Å². The van der Waals surface area contributed by atoms with Crippen LogP contribution < -0.4 is 10.6 Å². The fourth-order valence-electron chi connectivity index (χ4n) is 2.60. The van der Waals surface area contributed by atoms with Crippen LogP contribution in [0.1, 0.15) is 32.1 Å². The van der Waals surface area contributed by atoms with E-state index in [9.17, 15) is 9.59 Å². The smallest absolute Gasteiger partial charge is 0.257 e. The van der Waals surface area contributed by atoms with Crippen LogP contribution in [0.4, 0.5) is 11.4 Å². The Labute approximate surface area is 152 Å². The van der Waals surface area contributed by atoms with Gasteiger partial charge < -0.3 is 10.6 Å². The van der Waals surface area contributed by atoms with E-state index >= 15 is 0 Å². The molecule has 130 valence electrons. The molecule has 0 bridgehead atoms. The fourth-order valence-corrected chi connectivity index (χ4v) is 2.60. The number of benzene rings is 2. The van der Waals surface area contributed by atoms with Crippen molar-refractivity contribution in [2.24, 2.45) is 0 Å². The Morgan fingerprint density at radius 3 is 1.92 bits per heavy atom. The first-order valence-corrected chi connectivity index (χ1v) is 8.25. The number of aromatic nitrogens is 1. The molecule has 0 fully saturated rings. The molecule has 0 aliphatic carbocycles. The molecule has 0 radical (unpaired) electrons. The van der Waals surface area contributed by atoms with Gasteiger partial charge in [0.1, 0.15) is 0 Å². The molecule has 0 aliphatic rings. The van der Waals surface area contributed by atoms with Gasteiger partial charge >= 0.3 is 0 Å². The number of nitrogens with zero attached hydrogens (tertiary/aromatic N) is 1. The van der Waals surface area contributed by atoms with Crippen molar-refractivity contribution in [1.29, 1.82) is 0 Å². The first-order chi connectivity index (χ1) is 12.5. The molecule has 1 aromatic heterocycles. The van der Waals surface area contributed by atoms with E-state index in [-0.39, 0.29) is 11.8 Å². The molecule has 1 heterocycles. The van der Waals surface area contributed by atoms with Gasteiger partial charge in [-0.3, -0.25) is 14.6 Å². The van der Waals surface area contributed by atoms with Crippen LogP contribution in [0.15, 0.2) is 66.7 Å². The Kier molecular flexibility index (Phi) is 5.08. The van der Waals surface area contributed by atoms with Crippen LogP contribution in [-0.4, -0.2) is 16.8 Å². The van der Waals surface area contributed by atoms with Gasteiger partial charge in [0.15, 0.2) is 0 Å². The van der Waals surface area contributed by atoms with Crippen LogP contribution in [0.3, 0.4) is 0 Å². The predicted octanol–water partition coefficient (Wildman–Crippen LogP) is 4.20. The highest BCUT2D eigenvalue weighted by Gasteiger charge is 2.14. The van der Waals surface area contributed by atoms with Crippen molar-refractivity contribution >= 4 is 23.2 Å².